The summed E-state index contributed by atoms with van der Waals surface area (Å²) < 4.78 is 0. The minimum absolute atomic E-state index is 0.870. The van der Waals surface area contributed by atoms with E-state index in [0.717, 1.165) is 11.8 Å². The summed E-state index contributed by atoms with van der Waals surface area (Å²) >= 11 is 0. The van der Waals surface area contributed by atoms with Crippen LogP contribution in [0.1, 0.15) is 106 Å². The fourth-order valence-corrected chi connectivity index (χ4v) is 2.00. The molecule has 0 N–H and O–H groups in total. The molecule has 0 bridgehead atoms. The van der Waals surface area contributed by atoms with Crippen LogP contribution >= 0.6 is 0 Å². The molecular formula is C18H40. The summed E-state index contributed by atoms with van der Waals surface area (Å²) in [7, 11) is 0. The summed E-state index contributed by atoms with van der Waals surface area (Å²) in [6.07, 6.45) is 14.2. The van der Waals surface area contributed by atoms with Gasteiger partial charge in [0.1, 0.15) is 0 Å². The van der Waals surface area contributed by atoms with Gasteiger partial charge in [0.15, 0.2) is 0 Å². The minimum atomic E-state index is 0.870. The van der Waals surface area contributed by atoms with E-state index in [1.807, 2.05) is 0 Å². The van der Waals surface area contributed by atoms with Crippen molar-refractivity contribution in [3.8, 4) is 0 Å². The molecule has 0 nitrogen and oxygen atoms in total. The zero-order valence-electron chi connectivity index (χ0n) is 14.2. The van der Waals surface area contributed by atoms with E-state index in [1.54, 1.807) is 0 Å². The third kappa shape index (κ3) is 18.4. The molecule has 0 aliphatic carbocycles. The normalized spacial score (nSPS) is 12.2. The maximum Gasteiger partial charge on any atom is -0.0420 e. The van der Waals surface area contributed by atoms with Crippen molar-refractivity contribution in [3.05, 3.63) is 0 Å². The van der Waals surface area contributed by atoms with Crippen molar-refractivity contribution in [1.82, 2.24) is 0 Å². The van der Waals surface area contributed by atoms with E-state index < -0.39 is 0 Å². The zero-order valence-corrected chi connectivity index (χ0v) is 14.2. The molecule has 0 fully saturated rings. The van der Waals surface area contributed by atoms with Gasteiger partial charge in [-0.3, -0.25) is 0 Å². The summed E-state index contributed by atoms with van der Waals surface area (Å²) in [6.45, 7) is 13.7. The molecule has 0 aromatic heterocycles. The second kappa shape index (κ2) is 17.0. The highest BCUT2D eigenvalue weighted by Crippen LogP contribution is 2.14. The van der Waals surface area contributed by atoms with E-state index >= 15 is 0 Å². The first kappa shape index (κ1) is 20.3. The fourth-order valence-electron chi connectivity index (χ4n) is 2.00. The van der Waals surface area contributed by atoms with Crippen molar-refractivity contribution < 1.29 is 0 Å². The van der Waals surface area contributed by atoms with E-state index in [9.17, 15) is 0 Å². The molecule has 0 rings (SSSR count). The molecule has 0 radical (unpaired) electrons. The van der Waals surface area contributed by atoms with Crippen molar-refractivity contribution in [2.45, 2.75) is 106 Å². The van der Waals surface area contributed by atoms with Crippen molar-refractivity contribution in [3.63, 3.8) is 0 Å². The highest BCUT2D eigenvalue weighted by molar-refractivity contribution is 4.54. The molecule has 0 heterocycles. The van der Waals surface area contributed by atoms with Gasteiger partial charge in [0, 0.05) is 0 Å². The van der Waals surface area contributed by atoms with Crippen LogP contribution in [-0.4, -0.2) is 0 Å². The standard InChI is InChI=1S/C10H22.C8H18/c1-3-5-7-9-10-8-6-4-2;1-5-6-8(4)7(2)3/h3-10H2,1-2H3;7-8H,5-6H2,1-4H3. The van der Waals surface area contributed by atoms with Crippen LogP contribution in [0.15, 0.2) is 0 Å². The van der Waals surface area contributed by atoms with Gasteiger partial charge >= 0.3 is 0 Å². The molecular weight excluding hydrogens is 216 g/mol. The Labute approximate surface area is 118 Å². The van der Waals surface area contributed by atoms with Crippen LogP contribution in [0.2, 0.25) is 0 Å². The molecule has 0 saturated carbocycles. The smallest absolute Gasteiger partial charge is 0.0420 e. The molecule has 0 aromatic rings. The number of hydrogen-bond donors (Lipinski definition) is 0. The zero-order chi connectivity index (χ0) is 14.2. The first-order chi connectivity index (χ1) is 8.59. The first-order valence-corrected chi connectivity index (χ1v) is 8.59. The third-order valence-electron chi connectivity index (χ3n) is 3.84. The quantitative estimate of drug-likeness (QED) is 0.362. The summed E-state index contributed by atoms with van der Waals surface area (Å²) in [6, 6.07) is 0. The molecule has 1 atom stereocenters. The van der Waals surface area contributed by atoms with Gasteiger partial charge in [-0.2, -0.15) is 0 Å². The Bertz CT molecular complexity index is 118. The minimum Gasteiger partial charge on any atom is -0.0654 e. The highest BCUT2D eigenvalue weighted by atomic mass is 14.1. The summed E-state index contributed by atoms with van der Waals surface area (Å²) in [4.78, 5) is 0. The second-order valence-electron chi connectivity index (χ2n) is 6.13. The Morgan fingerprint density at radius 2 is 0.944 bits per heavy atom. The van der Waals surface area contributed by atoms with Crippen LogP contribution in [0.25, 0.3) is 0 Å². The molecule has 0 aliphatic rings. The molecule has 0 saturated heterocycles. The second-order valence-corrected chi connectivity index (χ2v) is 6.13. The SMILES string of the molecule is CCCC(C)C(C)C.CCCCCCCCCC. The van der Waals surface area contributed by atoms with Gasteiger partial charge in [-0.25, -0.2) is 0 Å². The maximum atomic E-state index is 2.33. The van der Waals surface area contributed by atoms with Gasteiger partial charge in [0.2, 0.25) is 0 Å². The highest BCUT2D eigenvalue weighted by Gasteiger charge is 2.03. The van der Waals surface area contributed by atoms with Crippen LogP contribution < -0.4 is 0 Å². The fraction of sp³-hybridized carbons (Fsp3) is 1.00. The lowest BCUT2D eigenvalue weighted by atomic mass is 9.94. The van der Waals surface area contributed by atoms with Crippen LogP contribution in [0.5, 0.6) is 0 Å². The molecule has 0 spiro atoms. The average molecular weight is 257 g/mol. The lowest BCUT2D eigenvalue weighted by Gasteiger charge is -2.12. The molecule has 0 aliphatic heterocycles. The predicted molar refractivity (Wildman–Crippen MR) is 87.2 cm³/mol. The maximum absolute atomic E-state index is 2.33. The first-order valence-electron chi connectivity index (χ1n) is 8.59. The Balaban J connectivity index is 0. The Morgan fingerprint density at radius 3 is 1.17 bits per heavy atom. The van der Waals surface area contributed by atoms with E-state index in [4.69, 9.17) is 0 Å². The van der Waals surface area contributed by atoms with E-state index in [-0.39, 0.29) is 0 Å². The average Bonchev–Trinajstić information content (AvgIpc) is 2.35. The number of hydrogen-bond acceptors (Lipinski definition) is 0. The third-order valence-corrected chi connectivity index (χ3v) is 3.84. The van der Waals surface area contributed by atoms with Crippen LogP contribution in [0.4, 0.5) is 0 Å². The molecule has 0 aromatic carbocycles. The van der Waals surface area contributed by atoms with E-state index in [0.29, 0.717) is 0 Å². The lowest BCUT2D eigenvalue weighted by Crippen LogP contribution is -2.02. The van der Waals surface area contributed by atoms with Crippen molar-refractivity contribution in [2.24, 2.45) is 11.8 Å². The van der Waals surface area contributed by atoms with Gasteiger partial charge in [0.05, 0.1) is 0 Å². The Morgan fingerprint density at radius 1 is 0.556 bits per heavy atom. The largest absolute Gasteiger partial charge is 0.0654 e. The van der Waals surface area contributed by atoms with Gasteiger partial charge in [-0.1, -0.05) is 106 Å². The predicted octanol–water partition coefficient (Wildman–Crippen LogP) is 7.23. The van der Waals surface area contributed by atoms with Crippen molar-refractivity contribution >= 4 is 0 Å². The Hall–Kier alpha value is 0. The topological polar surface area (TPSA) is 0 Å². The summed E-state index contributed by atoms with van der Waals surface area (Å²) in [5.74, 6) is 1.79. The number of unbranched alkanes of at least 4 members (excludes halogenated alkanes) is 7. The molecule has 1 unspecified atom stereocenters. The lowest BCUT2D eigenvalue weighted by molar-refractivity contribution is 0.389. The van der Waals surface area contributed by atoms with Gasteiger partial charge in [-0.15, -0.1) is 0 Å². The van der Waals surface area contributed by atoms with Gasteiger partial charge in [0.25, 0.3) is 0 Å². The monoisotopic (exact) mass is 256 g/mol. The molecule has 0 amide bonds. The summed E-state index contributed by atoms with van der Waals surface area (Å²) in [5.41, 5.74) is 0. The molecule has 0 heteroatoms. The van der Waals surface area contributed by atoms with E-state index in [1.165, 1.54) is 64.2 Å². The van der Waals surface area contributed by atoms with Crippen molar-refractivity contribution in [1.29, 1.82) is 0 Å². The van der Waals surface area contributed by atoms with Crippen LogP contribution in [0, 0.1) is 11.8 Å². The van der Waals surface area contributed by atoms with Gasteiger partial charge in [-0.05, 0) is 11.8 Å². The summed E-state index contributed by atoms with van der Waals surface area (Å²) in [5, 5.41) is 0. The van der Waals surface area contributed by atoms with E-state index in [2.05, 4.69) is 41.5 Å². The number of rotatable bonds is 10. The Kier molecular flexibility index (Phi) is 19.2. The van der Waals surface area contributed by atoms with Crippen LogP contribution in [-0.2, 0) is 0 Å². The molecule has 18 heavy (non-hydrogen) atoms. The van der Waals surface area contributed by atoms with Crippen LogP contribution in [0.3, 0.4) is 0 Å². The van der Waals surface area contributed by atoms with Gasteiger partial charge < -0.3 is 0 Å². The van der Waals surface area contributed by atoms with Crippen molar-refractivity contribution in [2.75, 3.05) is 0 Å². The molecule has 112 valence electrons.